The maximum atomic E-state index is 11.9. The van der Waals surface area contributed by atoms with E-state index in [9.17, 15) is 14.7 Å². The van der Waals surface area contributed by atoms with Crippen LogP contribution in [0, 0.1) is 0 Å². The molecule has 1 heterocycles. The number of urea groups is 1. The van der Waals surface area contributed by atoms with Gasteiger partial charge in [0.2, 0.25) is 0 Å². The Kier molecular flexibility index (Phi) is 5.19. The van der Waals surface area contributed by atoms with Crippen LogP contribution in [0.2, 0.25) is 0 Å². The summed E-state index contributed by atoms with van der Waals surface area (Å²) in [5, 5.41) is 18.8. The molecule has 0 atom stereocenters. The van der Waals surface area contributed by atoms with Gasteiger partial charge in [-0.2, -0.15) is 5.10 Å². The first-order valence-corrected chi connectivity index (χ1v) is 7.39. The van der Waals surface area contributed by atoms with Gasteiger partial charge in [0, 0.05) is 25.5 Å². The van der Waals surface area contributed by atoms with Gasteiger partial charge in [0.05, 0.1) is 0 Å². The molecular weight excluding hydrogens is 272 g/mol. The Bertz CT molecular complexity index is 467. The second kappa shape index (κ2) is 7.10. The summed E-state index contributed by atoms with van der Waals surface area (Å²) < 4.78 is 1.79. The lowest BCUT2D eigenvalue weighted by atomic mass is 9.82. The minimum absolute atomic E-state index is 0.403. The van der Waals surface area contributed by atoms with E-state index in [4.69, 9.17) is 0 Å². The first-order chi connectivity index (χ1) is 10.1. The molecule has 0 radical (unpaired) electrons. The average Bonchev–Trinajstić information content (AvgIpc) is 2.98. The van der Waals surface area contributed by atoms with Crippen molar-refractivity contribution in [3.63, 3.8) is 0 Å². The van der Waals surface area contributed by atoms with Crippen LogP contribution >= 0.6 is 0 Å². The van der Waals surface area contributed by atoms with Crippen LogP contribution < -0.4 is 10.6 Å². The molecular formula is C14H22N4O3. The van der Waals surface area contributed by atoms with Gasteiger partial charge < -0.3 is 15.7 Å². The van der Waals surface area contributed by atoms with Gasteiger partial charge in [-0.25, -0.2) is 9.59 Å². The maximum Gasteiger partial charge on any atom is 0.329 e. The van der Waals surface area contributed by atoms with Gasteiger partial charge in [-0.1, -0.05) is 19.3 Å². The molecule has 0 aromatic carbocycles. The number of hydrogen-bond donors (Lipinski definition) is 3. The number of carbonyl (C=O) groups is 2. The number of hydrogen-bond acceptors (Lipinski definition) is 3. The van der Waals surface area contributed by atoms with Crippen molar-refractivity contribution in [1.82, 2.24) is 20.4 Å². The topological polar surface area (TPSA) is 96.3 Å². The van der Waals surface area contributed by atoms with E-state index in [1.54, 1.807) is 10.9 Å². The minimum Gasteiger partial charge on any atom is -0.480 e. The largest absolute Gasteiger partial charge is 0.480 e. The van der Waals surface area contributed by atoms with Gasteiger partial charge in [0.25, 0.3) is 0 Å². The zero-order valence-electron chi connectivity index (χ0n) is 12.0. The van der Waals surface area contributed by atoms with Crippen LogP contribution in [-0.4, -0.2) is 39.0 Å². The number of amides is 2. The van der Waals surface area contributed by atoms with E-state index in [-0.39, 0.29) is 0 Å². The summed E-state index contributed by atoms with van der Waals surface area (Å²) in [6.45, 7) is 1.21. The molecule has 1 fully saturated rings. The Morgan fingerprint density at radius 2 is 2.05 bits per heavy atom. The smallest absolute Gasteiger partial charge is 0.329 e. The maximum absolute atomic E-state index is 11.9. The van der Waals surface area contributed by atoms with Crippen LogP contribution in [0.3, 0.4) is 0 Å². The van der Waals surface area contributed by atoms with E-state index in [1.807, 2.05) is 12.3 Å². The van der Waals surface area contributed by atoms with Crippen LogP contribution in [0.5, 0.6) is 0 Å². The van der Waals surface area contributed by atoms with Crippen molar-refractivity contribution in [3.05, 3.63) is 18.5 Å². The third-order valence-corrected chi connectivity index (χ3v) is 3.88. The van der Waals surface area contributed by atoms with E-state index < -0.39 is 17.5 Å². The molecule has 2 rings (SSSR count). The van der Waals surface area contributed by atoms with Crippen molar-refractivity contribution in [2.24, 2.45) is 0 Å². The van der Waals surface area contributed by atoms with Crippen molar-refractivity contribution in [3.8, 4) is 0 Å². The van der Waals surface area contributed by atoms with Crippen LogP contribution in [0.15, 0.2) is 18.5 Å². The quantitative estimate of drug-likeness (QED) is 0.690. The molecule has 0 saturated heterocycles. The molecule has 116 valence electrons. The average molecular weight is 294 g/mol. The van der Waals surface area contributed by atoms with E-state index >= 15 is 0 Å². The predicted molar refractivity (Wildman–Crippen MR) is 76.8 cm³/mol. The van der Waals surface area contributed by atoms with E-state index in [0.29, 0.717) is 19.4 Å². The van der Waals surface area contributed by atoms with Crippen LogP contribution in [0.4, 0.5) is 4.79 Å². The molecule has 1 saturated carbocycles. The number of aliphatic carboxylic acids is 1. The highest BCUT2D eigenvalue weighted by atomic mass is 16.4. The van der Waals surface area contributed by atoms with E-state index in [1.165, 1.54) is 0 Å². The standard InChI is InChI=1S/C14H22N4O3/c19-12(20)14(6-2-1-3-7-14)17-13(21)15-8-4-10-18-11-5-9-16-18/h5,9,11H,1-4,6-8,10H2,(H,19,20)(H2,15,17,21). The molecule has 1 aliphatic rings. The number of carbonyl (C=O) groups excluding carboxylic acids is 1. The summed E-state index contributed by atoms with van der Waals surface area (Å²) in [6, 6.07) is 1.44. The fourth-order valence-corrected chi connectivity index (χ4v) is 2.68. The molecule has 21 heavy (non-hydrogen) atoms. The highest BCUT2D eigenvalue weighted by Crippen LogP contribution is 2.28. The van der Waals surface area contributed by atoms with Crippen LogP contribution in [0.25, 0.3) is 0 Å². The lowest BCUT2D eigenvalue weighted by molar-refractivity contribution is -0.145. The normalized spacial score (nSPS) is 17.1. The number of aromatic nitrogens is 2. The van der Waals surface area contributed by atoms with Crippen LogP contribution in [0.1, 0.15) is 38.5 Å². The molecule has 2 amide bonds. The lowest BCUT2D eigenvalue weighted by Gasteiger charge is -2.33. The minimum atomic E-state index is -1.09. The zero-order chi connectivity index (χ0) is 15.1. The molecule has 0 bridgehead atoms. The Labute approximate surface area is 123 Å². The Hall–Kier alpha value is -2.05. The second-order valence-electron chi connectivity index (χ2n) is 5.45. The van der Waals surface area contributed by atoms with E-state index in [2.05, 4.69) is 15.7 Å². The molecule has 7 heteroatoms. The van der Waals surface area contributed by atoms with Crippen molar-refractivity contribution in [2.45, 2.75) is 50.6 Å². The molecule has 0 aliphatic heterocycles. The van der Waals surface area contributed by atoms with Gasteiger partial charge in [0.15, 0.2) is 0 Å². The van der Waals surface area contributed by atoms with Crippen molar-refractivity contribution in [2.75, 3.05) is 6.54 Å². The van der Waals surface area contributed by atoms with Crippen LogP contribution in [-0.2, 0) is 11.3 Å². The Morgan fingerprint density at radius 3 is 2.67 bits per heavy atom. The molecule has 0 unspecified atom stereocenters. The van der Waals surface area contributed by atoms with Gasteiger partial charge in [0.1, 0.15) is 5.54 Å². The fourth-order valence-electron chi connectivity index (χ4n) is 2.68. The molecule has 0 spiro atoms. The molecule has 1 aromatic heterocycles. The van der Waals surface area contributed by atoms with Crippen molar-refractivity contribution >= 4 is 12.0 Å². The predicted octanol–water partition coefficient (Wildman–Crippen LogP) is 1.36. The van der Waals surface area contributed by atoms with Gasteiger partial charge in [-0.05, 0) is 25.3 Å². The molecule has 3 N–H and O–H groups in total. The number of carboxylic acids is 1. The number of carboxylic acid groups (broad SMARTS) is 1. The highest BCUT2D eigenvalue weighted by molar-refractivity contribution is 5.86. The first kappa shape index (κ1) is 15.3. The first-order valence-electron chi connectivity index (χ1n) is 7.39. The third kappa shape index (κ3) is 4.21. The van der Waals surface area contributed by atoms with Gasteiger partial charge in [-0.3, -0.25) is 4.68 Å². The zero-order valence-corrected chi connectivity index (χ0v) is 12.0. The SMILES string of the molecule is O=C(NCCCn1cccn1)NC1(C(=O)O)CCCCC1. The number of nitrogens with one attached hydrogen (secondary N) is 2. The van der Waals surface area contributed by atoms with Gasteiger partial charge in [-0.15, -0.1) is 0 Å². The number of aryl methyl sites for hydroxylation is 1. The summed E-state index contributed by atoms with van der Waals surface area (Å²) in [7, 11) is 0. The molecule has 1 aromatic rings. The summed E-state index contributed by atoms with van der Waals surface area (Å²) in [5.74, 6) is -0.936. The summed E-state index contributed by atoms with van der Waals surface area (Å²) in [4.78, 5) is 23.3. The second-order valence-corrected chi connectivity index (χ2v) is 5.45. The fraction of sp³-hybridized carbons (Fsp3) is 0.643. The summed E-state index contributed by atoms with van der Waals surface area (Å²) in [5.41, 5.74) is -1.09. The monoisotopic (exact) mass is 294 g/mol. The van der Waals surface area contributed by atoms with Crippen molar-refractivity contribution in [1.29, 1.82) is 0 Å². The molecule has 7 nitrogen and oxygen atoms in total. The highest BCUT2D eigenvalue weighted by Gasteiger charge is 2.40. The molecule has 1 aliphatic carbocycles. The summed E-state index contributed by atoms with van der Waals surface area (Å²) >= 11 is 0. The number of rotatable bonds is 6. The number of nitrogens with zero attached hydrogens (tertiary/aromatic N) is 2. The van der Waals surface area contributed by atoms with Gasteiger partial charge >= 0.3 is 12.0 Å². The van der Waals surface area contributed by atoms with Crippen molar-refractivity contribution < 1.29 is 14.7 Å². The van der Waals surface area contributed by atoms with E-state index in [0.717, 1.165) is 32.2 Å². The summed E-state index contributed by atoms with van der Waals surface area (Å²) in [6.07, 6.45) is 8.03. The Morgan fingerprint density at radius 1 is 1.29 bits per heavy atom. The Balaban J connectivity index is 1.73. The third-order valence-electron chi connectivity index (χ3n) is 3.88. The lowest BCUT2D eigenvalue weighted by Crippen LogP contribution is -2.58.